The van der Waals surface area contributed by atoms with Gasteiger partial charge in [-0.1, -0.05) is 0 Å². The van der Waals surface area contributed by atoms with Gasteiger partial charge in [-0.05, 0) is 0 Å². The van der Waals surface area contributed by atoms with E-state index in [1.165, 1.54) is 13.3 Å². The Morgan fingerprint density at radius 3 is 2.74 bits per heavy atom. The van der Waals surface area contributed by atoms with Crippen molar-refractivity contribution in [2.45, 2.75) is 25.8 Å². The fraction of sp³-hybridized carbons (Fsp3) is 0.455. The van der Waals surface area contributed by atoms with Crippen molar-refractivity contribution in [1.82, 2.24) is 20.6 Å². The van der Waals surface area contributed by atoms with Gasteiger partial charge in [0, 0.05) is 38.2 Å². The lowest BCUT2D eigenvalue weighted by atomic mass is 10.2. The third-order valence-electron chi connectivity index (χ3n) is 2.34. The van der Waals surface area contributed by atoms with Crippen molar-refractivity contribution >= 4 is 29.6 Å². The second-order valence-corrected chi connectivity index (χ2v) is 4.41. The normalized spacial score (nSPS) is 11.7. The van der Waals surface area contributed by atoms with Gasteiger partial charge < -0.3 is 15.6 Å². The van der Waals surface area contributed by atoms with Gasteiger partial charge in [-0.15, -0.1) is 12.6 Å². The molecule has 0 fully saturated rings. The summed E-state index contributed by atoms with van der Waals surface area (Å²) in [5, 5.41) is 4.64. The molecule has 1 aromatic heterocycles. The lowest BCUT2D eigenvalue weighted by Gasteiger charge is -2.14. The van der Waals surface area contributed by atoms with E-state index in [9.17, 15) is 14.4 Å². The fourth-order valence-corrected chi connectivity index (χ4v) is 1.59. The summed E-state index contributed by atoms with van der Waals surface area (Å²) in [7, 11) is 0. The number of hydrogen-bond donors (Lipinski definition) is 4. The average Bonchev–Trinajstić information content (AvgIpc) is 2.80. The molecule has 1 unspecified atom stereocenters. The van der Waals surface area contributed by atoms with E-state index in [1.54, 1.807) is 6.20 Å². The Balaban J connectivity index is 2.42. The van der Waals surface area contributed by atoms with E-state index in [0.717, 1.165) is 5.69 Å². The zero-order chi connectivity index (χ0) is 14.3. The van der Waals surface area contributed by atoms with E-state index in [1.807, 2.05) is 0 Å². The van der Waals surface area contributed by atoms with Gasteiger partial charge in [0.1, 0.15) is 6.04 Å². The van der Waals surface area contributed by atoms with Gasteiger partial charge in [-0.2, -0.15) is 0 Å². The second kappa shape index (κ2) is 7.57. The number of carbonyl (C=O) groups excluding carboxylic acids is 3. The number of imidazole rings is 1. The minimum Gasteiger partial charge on any atom is -0.356 e. The molecule has 0 spiro atoms. The molecule has 0 aliphatic rings. The molecule has 0 aliphatic carbocycles. The molecule has 1 rings (SSSR count). The lowest BCUT2D eigenvalue weighted by molar-refractivity contribution is -0.125. The largest absolute Gasteiger partial charge is 0.356 e. The van der Waals surface area contributed by atoms with Crippen molar-refractivity contribution in [3.63, 3.8) is 0 Å². The van der Waals surface area contributed by atoms with Crippen LogP contribution in [0.4, 0.5) is 0 Å². The van der Waals surface area contributed by atoms with Crippen LogP contribution < -0.4 is 10.6 Å². The third kappa shape index (κ3) is 6.05. The van der Waals surface area contributed by atoms with Crippen molar-refractivity contribution in [2.24, 2.45) is 0 Å². The van der Waals surface area contributed by atoms with Crippen LogP contribution in [0.1, 0.15) is 19.0 Å². The van der Waals surface area contributed by atoms with E-state index in [4.69, 9.17) is 0 Å². The Morgan fingerprint density at radius 2 is 2.21 bits per heavy atom. The van der Waals surface area contributed by atoms with Crippen molar-refractivity contribution in [3.8, 4) is 0 Å². The summed E-state index contributed by atoms with van der Waals surface area (Å²) in [6.07, 6.45) is 3.48. The highest BCUT2D eigenvalue weighted by Crippen LogP contribution is 2.02. The summed E-state index contributed by atoms with van der Waals surface area (Å²) in [5.74, 6) is -0.521. The van der Waals surface area contributed by atoms with Crippen molar-refractivity contribution in [1.29, 1.82) is 0 Å². The molecule has 0 saturated carbocycles. The molecule has 104 valence electrons. The third-order valence-corrected chi connectivity index (χ3v) is 2.65. The number of amides is 2. The first kappa shape index (κ1) is 15.2. The average molecular weight is 284 g/mol. The molecule has 7 nitrogen and oxygen atoms in total. The highest BCUT2D eigenvalue weighted by Gasteiger charge is 2.18. The first-order chi connectivity index (χ1) is 8.99. The number of thiol groups is 1. The molecule has 0 aromatic carbocycles. The summed E-state index contributed by atoms with van der Waals surface area (Å²) in [4.78, 5) is 40.3. The Kier molecular flexibility index (Phi) is 6.07. The van der Waals surface area contributed by atoms with E-state index < -0.39 is 11.2 Å². The Morgan fingerprint density at radius 1 is 1.47 bits per heavy atom. The maximum Gasteiger partial charge on any atom is 0.222 e. The molecule has 0 radical (unpaired) electrons. The summed E-state index contributed by atoms with van der Waals surface area (Å²) >= 11 is 3.74. The van der Waals surface area contributed by atoms with E-state index in [2.05, 4.69) is 33.2 Å². The lowest BCUT2D eigenvalue weighted by Crippen LogP contribution is -2.41. The summed E-state index contributed by atoms with van der Waals surface area (Å²) in [6, 6.07) is -0.714. The molecule has 0 saturated heterocycles. The number of aromatic amines is 1. The van der Waals surface area contributed by atoms with Crippen LogP contribution in [0.5, 0.6) is 0 Å². The number of carbonyl (C=O) groups is 3. The summed E-state index contributed by atoms with van der Waals surface area (Å²) in [5.41, 5.74) is 0.731. The maximum absolute atomic E-state index is 11.6. The van der Waals surface area contributed by atoms with Crippen molar-refractivity contribution < 1.29 is 14.4 Å². The molecule has 1 heterocycles. The molecular formula is C11H16N4O3S. The molecule has 0 bridgehead atoms. The van der Waals surface area contributed by atoms with Crippen LogP contribution in [0.2, 0.25) is 0 Å². The van der Waals surface area contributed by atoms with Gasteiger partial charge in [0.05, 0.1) is 6.33 Å². The number of nitrogens with one attached hydrogen (secondary N) is 3. The topological polar surface area (TPSA) is 104 Å². The molecule has 1 atom stereocenters. The van der Waals surface area contributed by atoms with Crippen LogP contribution >= 0.6 is 12.6 Å². The Hall–Kier alpha value is -1.83. The van der Waals surface area contributed by atoms with E-state index in [0.29, 0.717) is 6.42 Å². The number of H-pyrrole nitrogens is 1. The highest BCUT2D eigenvalue weighted by molar-refractivity contribution is 7.96. The molecule has 19 heavy (non-hydrogen) atoms. The van der Waals surface area contributed by atoms with Gasteiger partial charge in [0.15, 0.2) is 0 Å². The smallest absolute Gasteiger partial charge is 0.222 e. The van der Waals surface area contributed by atoms with Crippen LogP contribution in [0, 0.1) is 0 Å². The zero-order valence-electron chi connectivity index (χ0n) is 10.5. The first-order valence-corrected chi connectivity index (χ1v) is 6.17. The Bertz CT molecular complexity index is 447. The van der Waals surface area contributed by atoms with Crippen LogP contribution in [-0.4, -0.2) is 39.5 Å². The predicted molar refractivity (Wildman–Crippen MR) is 71.5 cm³/mol. The maximum atomic E-state index is 11.6. The fourth-order valence-electron chi connectivity index (χ4n) is 1.43. The summed E-state index contributed by atoms with van der Waals surface area (Å²) in [6.45, 7) is 1.61. The van der Waals surface area contributed by atoms with Crippen LogP contribution in [0.3, 0.4) is 0 Å². The van der Waals surface area contributed by atoms with Crippen LogP contribution in [0.25, 0.3) is 0 Å². The van der Waals surface area contributed by atoms with Crippen LogP contribution in [0.15, 0.2) is 12.5 Å². The van der Waals surface area contributed by atoms with Crippen LogP contribution in [-0.2, 0) is 20.8 Å². The highest BCUT2D eigenvalue weighted by atomic mass is 32.1. The number of nitrogens with zero attached hydrogens (tertiary/aromatic N) is 1. The van der Waals surface area contributed by atoms with E-state index >= 15 is 0 Å². The molecule has 1 aromatic rings. The molecule has 8 heteroatoms. The van der Waals surface area contributed by atoms with Crippen molar-refractivity contribution in [3.05, 3.63) is 18.2 Å². The Labute approximate surface area is 116 Å². The number of hydrogen-bond acceptors (Lipinski definition) is 4. The quantitative estimate of drug-likeness (QED) is 0.503. The van der Waals surface area contributed by atoms with Gasteiger partial charge in [-0.25, -0.2) is 4.98 Å². The second-order valence-electron chi connectivity index (χ2n) is 3.97. The monoisotopic (exact) mass is 284 g/mol. The predicted octanol–water partition coefficient (Wildman–Crippen LogP) is -0.580. The van der Waals surface area contributed by atoms with Gasteiger partial charge in [0.25, 0.3) is 0 Å². The summed E-state index contributed by atoms with van der Waals surface area (Å²) < 4.78 is 0. The standard InChI is InChI=1S/C11H16N4O3S/c1-7(16)13-3-2-10(17)15-9(11(18)19)4-8-5-12-6-14-8/h5-6,9H,2-4H2,1H3,(H,12,14)(H,13,16)(H,15,17)(H,18,19). The molecule has 0 aliphatic heterocycles. The van der Waals surface area contributed by atoms with Crippen molar-refractivity contribution in [2.75, 3.05) is 6.54 Å². The molecule has 3 N–H and O–H groups in total. The SMILES string of the molecule is CC(=O)NCCC(=O)NC(Cc1cnc[nH]1)C(=O)S. The minimum atomic E-state index is -0.714. The zero-order valence-corrected chi connectivity index (χ0v) is 11.4. The van der Waals surface area contributed by atoms with Gasteiger partial charge in [0.2, 0.25) is 16.9 Å². The van der Waals surface area contributed by atoms with Gasteiger partial charge in [-0.3, -0.25) is 14.4 Å². The molecule has 2 amide bonds. The first-order valence-electron chi connectivity index (χ1n) is 5.73. The molecular weight excluding hydrogens is 268 g/mol. The number of rotatable bonds is 7. The minimum absolute atomic E-state index is 0.111. The number of aromatic nitrogens is 2. The van der Waals surface area contributed by atoms with Gasteiger partial charge >= 0.3 is 0 Å². The van der Waals surface area contributed by atoms with E-state index in [-0.39, 0.29) is 24.8 Å².